The zero-order valence-corrected chi connectivity index (χ0v) is 14.9. The molecule has 4 nitrogen and oxygen atoms in total. The zero-order chi connectivity index (χ0) is 17.4. The standard InChI is InChI=1S/C17H25N3.C2H4O/c1-12(2)10-18-11-20-15(5)17(14(4)19-20)16-8-6-7-13(3)9-16;1-2-3/h6-9,12,18H,10-11H2,1-5H3;2-3H,1H2. The predicted molar refractivity (Wildman–Crippen MR) is 97.5 cm³/mol. The maximum atomic E-state index is 7.33. The van der Waals surface area contributed by atoms with E-state index in [2.05, 4.69) is 80.6 Å². The largest absolute Gasteiger partial charge is 0.516 e. The third-order valence-electron chi connectivity index (χ3n) is 3.50. The number of nitrogens with zero attached hydrogens (tertiary/aromatic N) is 2. The summed E-state index contributed by atoms with van der Waals surface area (Å²) < 4.78 is 2.06. The number of nitrogens with one attached hydrogen (secondary N) is 1. The van der Waals surface area contributed by atoms with Gasteiger partial charge in [0.25, 0.3) is 0 Å². The van der Waals surface area contributed by atoms with Gasteiger partial charge in [-0.3, -0.25) is 10.00 Å². The number of aliphatic hydroxyl groups excluding tert-OH is 1. The Kier molecular flexibility index (Phi) is 7.55. The second-order valence-electron chi connectivity index (χ2n) is 6.10. The molecule has 0 aliphatic rings. The van der Waals surface area contributed by atoms with Crippen LogP contribution in [0.15, 0.2) is 37.1 Å². The summed E-state index contributed by atoms with van der Waals surface area (Å²) in [6.07, 6.45) is 0.750. The van der Waals surface area contributed by atoms with Crippen molar-refractivity contribution in [3.8, 4) is 11.1 Å². The number of hydrogen-bond donors (Lipinski definition) is 2. The van der Waals surface area contributed by atoms with Gasteiger partial charge >= 0.3 is 0 Å². The molecule has 0 saturated heterocycles. The maximum Gasteiger partial charge on any atom is 0.0907 e. The van der Waals surface area contributed by atoms with Crippen LogP contribution in [0.25, 0.3) is 11.1 Å². The van der Waals surface area contributed by atoms with Crippen LogP contribution in [-0.4, -0.2) is 21.4 Å². The van der Waals surface area contributed by atoms with E-state index >= 15 is 0 Å². The summed E-state index contributed by atoms with van der Waals surface area (Å²) in [5.41, 5.74) is 6.13. The van der Waals surface area contributed by atoms with Gasteiger partial charge in [0, 0.05) is 11.3 Å². The molecular weight excluding hydrogens is 286 g/mol. The minimum atomic E-state index is 0.656. The first-order valence-corrected chi connectivity index (χ1v) is 7.97. The van der Waals surface area contributed by atoms with Gasteiger partial charge in [-0.2, -0.15) is 5.10 Å². The van der Waals surface area contributed by atoms with Crippen molar-refractivity contribution in [3.63, 3.8) is 0 Å². The monoisotopic (exact) mass is 315 g/mol. The Morgan fingerprint density at radius 1 is 1.30 bits per heavy atom. The van der Waals surface area contributed by atoms with Crippen molar-refractivity contribution < 1.29 is 5.11 Å². The maximum absolute atomic E-state index is 7.33. The molecule has 0 spiro atoms. The van der Waals surface area contributed by atoms with Crippen LogP contribution in [0.2, 0.25) is 0 Å². The molecule has 2 aromatic rings. The van der Waals surface area contributed by atoms with Gasteiger partial charge in [0.15, 0.2) is 0 Å². The fraction of sp³-hybridized carbons (Fsp3) is 0.421. The van der Waals surface area contributed by atoms with E-state index in [0.717, 1.165) is 25.2 Å². The van der Waals surface area contributed by atoms with E-state index < -0.39 is 0 Å². The molecule has 0 unspecified atom stereocenters. The van der Waals surface area contributed by atoms with Gasteiger partial charge in [0.2, 0.25) is 0 Å². The van der Waals surface area contributed by atoms with Gasteiger partial charge in [-0.15, -0.1) is 0 Å². The molecule has 1 aromatic heterocycles. The fourth-order valence-corrected chi connectivity index (χ4v) is 2.53. The van der Waals surface area contributed by atoms with E-state index in [1.807, 2.05) is 0 Å². The Hall–Kier alpha value is -2.07. The van der Waals surface area contributed by atoms with Crippen LogP contribution in [0.4, 0.5) is 0 Å². The van der Waals surface area contributed by atoms with Crippen molar-refractivity contribution in [2.75, 3.05) is 6.54 Å². The first-order chi connectivity index (χ1) is 10.9. The van der Waals surface area contributed by atoms with E-state index in [-0.39, 0.29) is 0 Å². The quantitative estimate of drug-likeness (QED) is 0.806. The number of aliphatic hydroxyl groups is 1. The summed E-state index contributed by atoms with van der Waals surface area (Å²) in [5.74, 6) is 0.656. The van der Waals surface area contributed by atoms with Crippen LogP contribution in [0.3, 0.4) is 0 Å². The molecule has 126 valence electrons. The Bertz CT molecular complexity index is 630. The van der Waals surface area contributed by atoms with E-state index in [1.54, 1.807) is 0 Å². The number of aryl methyl sites for hydroxylation is 2. The van der Waals surface area contributed by atoms with Gasteiger partial charge in [-0.05, 0) is 38.8 Å². The second-order valence-corrected chi connectivity index (χ2v) is 6.10. The first kappa shape index (κ1) is 19.0. The summed E-state index contributed by atoms with van der Waals surface area (Å²) in [6, 6.07) is 8.62. The Labute approximate surface area is 139 Å². The second kappa shape index (κ2) is 9.16. The van der Waals surface area contributed by atoms with Crippen LogP contribution in [0.5, 0.6) is 0 Å². The number of rotatable bonds is 5. The summed E-state index contributed by atoms with van der Waals surface area (Å²) >= 11 is 0. The number of aromatic nitrogens is 2. The van der Waals surface area contributed by atoms with E-state index in [0.29, 0.717) is 5.92 Å². The zero-order valence-electron chi connectivity index (χ0n) is 14.9. The molecule has 2 N–H and O–H groups in total. The van der Waals surface area contributed by atoms with Gasteiger partial charge < -0.3 is 5.11 Å². The summed E-state index contributed by atoms with van der Waals surface area (Å²) in [7, 11) is 0. The highest BCUT2D eigenvalue weighted by Gasteiger charge is 2.13. The molecule has 0 aliphatic carbocycles. The van der Waals surface area contributed by atoms with Gasteiger partial charge in [0.05, 0.1) is 18.6 Å². The SMILES string of the molecule is C=CO.Cc1cccc(-c2c(C)nn(CNCC(C)C)c2C)c1. The van der Waals surface area contributed by atoms with Crippen LogP contribution < -0.4 is 5.32 Å². The van der Waals surface area contributed by atoms with Crippen LogP contribution in [-0.2, 0) is 6.67 Å². The smallest absolute Gasteiger partial charge is 0.0907 e. The molecule has 1 aromatic carbocycles. The van der Waals surface area contributed by atoms with Crippen molar-refractivity contribution in [3.05, 3.63) is 54.1 Å². The Morgan fingerprint density at radius 2 is 1.96 bits per heavy atom. The van der Waals surface area contributed by atoms with Crippen molar-refractivity contribution in [1.29, 1.82) is 0 Å². The van der Waals surface area contributed by atoms with Crippen LogP contribution in [0, 0.1) is 26.7 Å². The normalized spacial score (nSPS) is 10.3. The van der Waals surface area contributed by atoms with Crippen molar-refractivity contribution in [1.82, 2.24) is 15.1 Å². The molecule has 1 heterocycles. The third-order valence-corrected chi connectivity index (χ3v) is 3.50. The van der Waals surface area contributed by atoms with Gasteiger partial charge in [0.1, 0.15) is 0 Å². The van der Waals surface area contributed by atoms with Crippen LogP contribution in [0.1, 0.15) is 30.8 Å². The molecule has 23 heavy (non-hydrogen) atoms. The van der Waals surface area contributed by atoms with Crippen molar-refractivity contribution in [2.24, 2.45) is 5.92 Å². The lowest BCUT2D eigenvalue weighted by Crippen LogP contribution is -2.24. The first-order valence-electron chi connectivity index (χ1n) is 7.97. The van der Waals surface area contributed by atoms with Crippen molar-refractivity contribution in [2.45, 2.75) is 41.3 Å². The molecule has 0 fully saturated rings. The molecule has 0 amide bonds. The molecule has 0 saturated carbocycles. The lowest BCUT2D eigenvalue weighted by Gasteiger charge is -2.09. The molecule has 0 bridgehead atoms. The molecule has 0 aliphatic heterocycles. The highest BCUT2D eigenvalue weighted by Crippen LogP contribution is 2.27. The summed E-state index contributed by atoms with van der Waals surface area (Å²) in [5, 5.41) is 15.4. The highest BCUT2D eigenvalue weighted by molar-refractivity contribution is 5.69. The van der Waals surface area contributed by atoms with E-state index in [1.165, 1.54) is 22.4 Å². The molecule has 4 heteroatoms. The molecular formula is C19H29N3O. The third kappa shape index (κ3) is 5.57. The lowest BCUT2D eigenvalue weighted by atomic mass is 10.0. The summed E-state index contributed by atoms with van der Waals surface area (Å²) in [6.45, 7) is 15.5. The molecule has 0 radical (unpaired) electrons. The minimum Gasteiger partial charge on any atom is -0.516 e. The minimum absolute atomic E-state index is 0.656. The van der Waals surface area contributed by atoms with Crippen LogP contribution >= 0.6 is 0 Å². The van der Waals surface area contributed by atoms with Gasteiger partial charge in [-0.1, -0.05) is 50.3 Å². The molecule has 2 rings (SSSR count). The van der Waals surface area contributed by atoms with Gasteiger partial charge in [-0.25, -0.2) is 0 Å². The Morgan fingerprint density at radius 3 is 2.52 bits per heavy atom. The summed E-state index contributed by atoms with van der Waals surface area (Å²) in [4.78, 5) is 0. The topological polar surface area (TPSA) is 50.1 Å². The van der Waals surface area contributed by atoms with E-state index in [4.69, 9.17) is 5.11 Å². The lowest BCUT2D eigenvalue weighted by molar-refractivity contribution is 0.458. The average molecular weight is 315 g/mol. The molecule has 0 atom stereocenters. The fourth-order valence-electron chi connectivity index (χ4n) is 2.53. The predicted octanol–water partition coefficient (Wildman–Crippen LogP) is 4.37. The highest BCUT2D eigenvalue weighted by atomic mass is 16.2. The number of hydrogen-bond acceptors (Lipinski definition) is 3. The number of benzene rings is 1. The van der Waals surface area contributed by atoms with E-state index in [9.17, 15) is 0 Å². The van der Waals surface area contributed by atoms with Crippen molar-refractivity contribution >= 4 is 0 Å². The Balaban J connectivity index is 0.000000816. The average Bonchev–Trinajstić information content (AvgIpc) is 2.74.